The molecule has 0 bridgehead atoms. The zero-order valence-electron chi connectivity index (χ0n) is 11.5. The van der Waals surface area contributed by atoms with Crippen molar-refractivity contribution in [2.75, 3.05) is 18.1 Å². The number of aromatic nitrogens is 3. The average Bonchev–Trinajstić information content (AvgIpc) is 2.99. The van der Waals surface area contributed by atoms with E-state index in [1.54, 1.807) is 18.6 Å². The zero-order valence-corrected chi connectivity index (χ0v) is 12.3. The Bertz CT molecular complexity index is 681. The van der Waals surface area contributed by atoms with Crippen LogP contribution in [0.4, 0.5) is 0 Å². The molecule has 1 fully saturated rings. The van der Waals surface area contributed by atoms with E-state index in [2.05, 4.69) is 15.2 Å². The van der Waals surface area contributed by atoms with Crippen LogP contribution >= 0.6 is 0 Å². The summed E-state index contributed by atoms with van der Waals surface area (Å²) in [4.78, 5) is 4.31. The van der Waals surface area contributed by atoms with Crippen molar-refractivity contribution in [3.63, 3.8) is 0 Å². The van der Waals surface area contributed by atoms with Gasteiger partial charge in [-0.2, -0.15) is 5.10 Å². The number of ether oxygens (including phenoxy) is 1. The minimum absolute atomic E-state index is 0.0808. The molecule has 6 nitrogen and oxygen atoms in total. The van der Waals surface area contributed by atoms with Gasteiger partial charge in [-0.1, -0.05) is 0 Å². The van der Waals surface area contributed by atoms with Crippen LogP contribution in [-0.2, 0) is 9.84 Å². The lowest BCUT2D eigenvalue weighted by Gasteiger charge is -2.21. The van der Waals surface area contributed by atoms with Crippen molar-refractivity contribution in [3.05, 3.63) is 30.7 Å². The molecule has 3 rings (SSSR count). The molecular weight excluding hydrogens is 290 g/mol. The Morgan fingerprint density at radius 2 is 2.24 bits per heavy atom. The van der Waals surface area contributed by atoms with Gasteiger partial charge in [0.15, 0.2) is 9.84 Å². The van der Waals surface area contributed by atoms with Gasteiger partial charge in [-0.15, -0.1) is 0 Å². The highest BCUT2D eigenvalue weighted by Gasteiger charge is 2.25. The summed E-state index contributed by atoms with van der Waals surface area (Å²) in [5.41, 5.74) is 1.73. The van der Waals surface area contributed by atoms with Crippen molar-refractivity contribution >= 4 is 9.84 Å². The quantitative estimate of drug-likeness (QED) is 0.929. The average molecular weight is 307 g/mol. The maximum atomic E-state index is 11.6. The fourth-order valence-electron chi connectivity index (χ4n) is 2.49. The van der Waals surface area contributed by atoms with Gasteiger partial charge in [0.1, 0.15) is 5.75 Å². The largest absolute Gasteiger partial charge is 0.492 e. The molecule has 1 atom stereocenters. The molecule has 1 saturated heterocycles. The molecular formula is C14H17N3O3S. The highest BCUT2D eigenvalue weighted by atomic mass is 32.2. The molecule has 0 aromatic carbocycles. The fourth-order valence-corrected chi connectivity index (χ4v) is 4.24. The Morgan fingerprint density at radius 3 is 2.90 bits per heavy atom. The molecule has 0 radical (unpaired) electrons. The van der Waals surface area contributed by atoms with E-state index in [1.165, 1.54) is 0 Å². The molecule has 1 aliphatic heterocycles. The van der Waals surface area contributed by atoms with Crippen molar-refractivity contribution in [2.24, 2.45) is 5.92 Å². The molecule has 0 amide bonds. The molecule has 112 valence electrons. The summed E-state index contributed by atoms with van der Waals surface area (Å²) in [6, 6.07) is 3.70. The van der Waals surface area contributed by atoms with E-state index in [0.717, 1.165) is 24.1 Å². The first-order valence-corrected chi connectivity index (χ1v) is 8.73. The molecule has 0 saturated carbocycles. The van der Waals surface area contributed by atoms with Crippen LogP contribution in [0.3, 0.4) is 0 Å². The molecule has 7 heteroatoms. The van der Waals surface area contributed by atoms with Crippen molar-refractivity contribution in [1.29, 1.82) is 0 Å². The summed E-state index contributed by atoms with van der Waals surface area (Å²) >= 11 is 0. The maximum absolute atomic E-state index is 11.6. The van der Waals surface area contributed by atoms with Crippen molar-refractivity contribution in [3.8, 4) is 17.0 Å². The van der Waals surface area contributed by atoms with Crippen LogP contribution in [0.15, 0.2) is 30.7 Å². The highest BCUT2D eigenvalue weighted by molar-refractivity contribution is 7.91. The van der Waals surface area contributed by atoms with Crippen molar-refractivity contribution in [2.45, 2.75) is 12.8 Å². The molecule has 2 aromatic heterocycles. The summed E-state index contributed by atoms with van der Waals surface area (Å²) in [6.45, 7) is 0.423. The van der Waals surface area contributed by atoms with E-state index < -0.39 is 9.84 Å². The smallest absolute Gasteiger partial charge is 0.150 e. The minimum Gasteiger partial charge on any atom is -0.492 e. The van der Waals surface area contributed by atoms with Crippen LogP contribution < -0.4 is 4.74 Å². The molecule has 1 aliphatic rings. The van der Waals surface area contributed by atoms with E-state index in [4.69, 9.17) is 4.74 Å². The Morgan fingerprint density at radius 1 is 1.33 bits per heavy atom. The number of hydrogen-bond acceptors (Lipinski definition) is 5. The van der Waals surface area contributed by atoms with Crippen LogP contribution in [0.1, 0.15) is 12.8 Å². The lowest BCUT2D eigenvalue weighted by atomic mass is 10.1. The summed E-state index contributed by atoms with van der Waals surface area (Å²) in [5, 5.41) is 6.62. The van der Waals surface area contributed by atoms with E-state index in [0.29, 0.717) is 18.1 Å². The zero-order chi connectivity index (χ0) is 14.7. The number of pyridine rings is 1. The summed E-state index contributed by atoms with van der Waals surface area (Å²) in [7, 11) is -2.88. The molecule has 1 N–H and O–H groups in total. The number of rotatable bonds is 4. The first kappa shape index (κ1) is 14.1. The van der Waals surface area contributed by atoms with Gasteiger partial charge in [-0.05, 0) is 25.0 Å². The second-order valence-corrected chi connectivity index (χ2v) is 7.53. The third-order valence-corrected chi connectivity index (χ3v) is 5.46. The van der Waals surface area contributed by atoms with Crippen molar-refractivity contribution < 1.29 is 13.2 Å². The lowest BCUT2D eigenvalue weighted by molar-refractivity contribution is 0.248. The summed E-state index contributed by atoms with van der Waals surface area (Å²) < 4.78 is 28.8. The van der Waals surface area contributed by atoms with Gasteiger partial charge in [0.25, 0.3) is 0 Å². The Kier molecular flexibility index (Phi) is 3.92. The number of H-pyrrole nitrogens is 1. The number of sulfone groups is 1. The molecule has 1 unspecified atom stereocenters. The van der Waals surface area contributed by atoms with E-state index in [-0.39, 0.29) is 11.7 Å². The second-order valence-electron chi connectivity index (χ2n) is 5.30. The fraction of sp³-hybridized carbons (Fsp3) is 0.429. The minimum atomic E-state index is -2.88. The standard InChI is InChI=1S/C14H17N3O3S/c18-21(19)5-1-2-11(10-21)9-20-13-3-4-14(15-8-13)12-6-16-17-7-12/h3-4,6-8,11H,1-2,5,9-10H2,(H,16,17). The Hall–Kier alpha value is -1.89. The van der Waals surface area contributed by atoms with Gasteiger partial charge in [0, 0.05) is 17.7 Å². The predicted molar refractivity (Wildman–Crippen MR) is 78.7 cm³/mol. The molecule has 0 spiro atoms. The molecule has 2 aromatic rings. The normalized spacial score (nSPS) is 21.0. The van der Waals surface area contributed by atoms with Gasteiger partial charge in [-0.25, -0.2) is 8.42 Å². The van der Waals surface area contributed by atoms with Gasteiger partial charge in [0.2, 0.25) is 0 Å². The van der Waals surface area contributed by atoms with Crippen LogP contribution in [0, 0.1) is 5.92 Å². The molecule has 0 aliphatic carbocycles. The number of hydrogen-bond donors (Lipinski definition) is 1. The van der Waals surface area contributed by atoms with Gasteiger partial charge in [0.05, 0.1) is 36.2 Å². The van der Waals surface area contributed by atoms with Crippen LogP contribution in [0.5, 0.6) is 5.75 Å². The van der Waals surface area contributed by atoms with E-state index in [1.807, 2.05) is 12.1 Å². The summed E-state index contributed by atoms with van der Waals surface area (Å²) in [6.07, 6.45) is 6.76. The third kappa shape index (κ3) is 3.60. The lowest BCUT2D eigenvalue weighted by Crippen LogP contribution is -2.29. The maximum Gasteiger partial charge on any atom is 0.150 e. The number of nitrogens with zero attached hydrogens (tertiary/aromatic N) is 2. The SMILES string of the molecule is O=S1(=O)CCCC(COc2ccc(-c3cn[nH]c3)nc2)C1. The van der Waals surface area contributed by atoms with Crippen LogP contribution in [0.2, 0.25) is 0 Å². The summed E-state index contributed by atoms with van der Waals surface area (Å²) in [5.74, 6) is 1.28. The number of nitrogens with one attached hydrogen (secondary N) is 1. The van der Waals surface area contributed by atoms with Gasteiger partial charge < -0.3 is 4.74 Å². The van der Waals surface area contributed by atoms with Crippen LogP contribution in [-0.4, -0.2) is 41.7 Å². The van der Waals surface area contributed by atoms with E-state index in [9.17, 15) is 8.42 Å². The molecule has 3 heterocycles. The van der Waals surface area contributed by atoms with Crippen molar-refractivity contribution in [1.82, 2.24) is 15.2 Å². The highest BCUT2D eigenvalue weighted by Crippen LogP contribution is 2.21. The predicted octanol–water partition coefficient (Wildman–Crippen LogP) is 1.68. The van der Waals surface area contributed by atoms with Crippen LogP contribution in [0.25, 0.3) is 11.3 Å². The van der Waals surface area contributed by atoms with Gasteiger partial charge in [-0.3, -0.25) is 10.1 Å². The second kappa shape index (κ2) is 5.85. The third-order valence-electron chi connectivity index (χ3n) is 3.57. The Balaban J connectivity index is 1.58. The first-order valence-electron chi connectivity index (χ1n) is 6.91. The monoisotopic (exact) mass is 307 g/mol. The molecule has 21 heavy (non-hydrogen) atoms. The van der Waals surface area contributed by atoms with E-state index >= 15 is 0 Å². The number of aromatic amines is 1. The topological polar surface area (TPSA) is 84.9 Å². The Labute approximate surface area is 123 Å². The van der Waals surface area contributed by atoms with Gasteiger partial charge >= 0.3 is 0 Å². The first-order chi connectivity index (χ1) is 10.1.